The number of amides is 1. The van der Waals surface area contributed by atoms with E-state index in [-0.39, 0.29) is 12.5 Å². The molecule has 1 amide bonds. The molecular weight excluding hydrogens is 312 g/mol. The molecule has 2 aromatic rings. The van der Waals surface area contributed by atoms with Crippen molar-refractivity contribution in [2.45, 2.75) is 26.7 Å². The largest absolute Gasteiger partial charge is 0.481 e. The zero-order chi connectivity index (χ0) is 16.8. The Morgan fingerprint density at radius 2 is 2.09 bits per heavy atom. The van der Waals surface area contributed by atoms with E-state index in [1.54, 1.807) is 5.38 Å². The second-order valence-electron chi connectivity index (χ2n) is 5.39. The Bertz CT molecular complexity index is 697. The first-order chi connectivity index (χ1) is 11.0. The van der Waals surface area contributed by atoms with Crippen molar-refractivity contribution >= 4 is 23.2 Å². The van der Waals surface area contributed by atoms with Gasteiger partial charge in [-0.05, 0) is 18.9 Å². The molecule has 0 radical (unpaired) electrons. The van der Waals surface area contributed by atoms with Gasteiger partial charge in [-0.2, -0.15) is 0 Å². The standard InChI is InChI=1S/C17H20N2O3S/c1-3-6-12(17(21)22)9-18-15(20)14-10-23-16(19-14)13-8-5-4-7-11(13)2/h4-5,7-8,10,12H,3,6,9H2,1-2H3,(H,18,20)(H,21,22). The first kappa shape index (κ1) is 17.1. The van der Waals surface area contributed by atoms with Crippen LogP contribution in [0.2, 0.25) is 0 Å². The minimum Gasteiger partial charge on any atom is -0.481 e. The first-order valence-corrected chi connectivity index (χ1v) is 8.43. The number of aliphatic carboxylic acids is 1. The van der Waals surface area contributed by atoms with Crippen LogP contribution in [-0.4, -0.2) is 28.5 Å². The van der Waals surface area contributed by atoms with Crippen molar-refractivity contribution < 1.29 is 14.7 Å². The number of carbonyl (C=O) groups excluding carboxylic acids is 1. The van der Waals surface area contributed by atoms with E-state index < -0.39 is 11.9 Å². The van der Waals surface area contributed by atoms with Crippen LogP contribution in [-0.2, 0) is 4.79 Å². The lowest BCUT2D eigenvalue weighted by Crippen LogP contribution is -2.33. The maximum atomic E-state index is 12.1. The SMILES string of the molecule is CCCC(CNC(=O)c1csc(-c2ccccc2C)n1)C(=O)O. The van der Waals surface area contributed by atoms with Crippen LogP contribution in [0.1, 0.15) is 35.8 Å². The number of hydrogen-bond donors (Lipinski definition) is 2. The fraction of sp³-hybridized carbons (Fsp3) is 0.353. The summed E-state index contributed by atoms with van der Waals surface area (Å²) in [6.07, 6.45) is 1.31. The molecule has 1 aromatic carbocycles. The minimum absolute atomic E-state index is 0.124. The Hall–Kier alpha value is -2.21. The average molecular weight is 332 g/mol. The second kappa shape index (κ2) is 7.87. The number of rotatable bonds is 7. The van der Waals surface area contributed by atoms with Crippen LogP contribution in [0.4, 0.5) is 0 Å². The summed E-state index contributed by atoms with van der Waals surface area (Å²) < 4.78 is 0. The van der Waals surface area contributed by atoms with Gasteiger partial charge in [-0.15, -0.1) is 11.3 Å². The third-order valence-corrected chi connectivity index (χ3v) is 4.48. The van der Waals surface area contributed by atoms with Crippen LogP contribution in [0.25, 0.3) is 10.6 Å². The molecule has 23 heavy (non-hydrogen) atoms. The van der Waals surface area contributed by atoms with E-state index >= 15 is 0 Å². The molecule has 0 saturated heterocycles. The van der Waals surface area contributed by atoms with Gasteiger partial charge in [0.2, 0.25) is 0 Å². The van der Waals surface area contributed by atoms with Crippen molar-refractivity contribution in [2.75, 3.05) is 6.54 Å². The molecule has 0 fully saturated rings. The summed E-state index contributed by atoms with van der Waals surface area (Å²) in [5.74, 6) is -1.77. The maximum Gasteiger partial charge on any atom is 0.308 e. The molecule has 2 rings (SSSR count). The summed E-state index contributed by atoms with van der Waals surface area (Å²) in [6, 6.07) is 7.86. The Kier molecular flexibility index (Phi) is 5.87. The highest BCUT2D eigenvalue weighted by Crippen LogP contribution is 2.26. The van der Waals surface area contributed by atoms with E-state index in [0.29, 0.717) is 12.1 Å². The van der Waals surface area contributed by atoms with Crippen LogP contribution in [0, 0.1) is 12.8 Å². The van der Waals surface area contributed by atoms with Gasteiger partial charge in [-0.3, -0.25) is 9.59 Å². The normalized spacial score (nSPS) is 11.9. The molecule has 0 bridgehead atoms. The minimum atomic E-state index is -0.883. The van der Waals surface area contributed by atoms with Gasteiger partial charge in [-0.1, -0.05) is 37.6 Å². The quantitative estimate of drug-likeness (QED) is 0.815. The van der Waals surface area contributed by atoms with Crippen molar-refractivity contribution in [3.05, 3.63) is 40.9 Å². The lowest BCUT2D eigenvalue weighted by molar-refractivity contribution is -0.141. The number of benzene rings is 1. The van der Waals surface area contributed by atoms with Crippen molar-refractivity contribution in [3.63, 3.8) is 0 Å². The Morgan fingerprint density at radius 1 is 1.35 bits per heavy atom. The molecule has 1 unspecified atom stereocenters. The second-order valence-corrected chi connectivity index (χ2v) is 6.24. The van der Waals surface area contributed by atoms with Gasteiger partial charge < -0.3 is 10.4 Å². The molecule has 0 saturated carbocycles. The van der Waals surface area contributed by atoms with Gasteiger partial charge in [0.25, 0.3) is 5.91 Å². The molecule has 0 aliphatic rings. The topological polar surface area (TPSA) is 79.3 Å². The number of thiazole rings is 1. The number of carbonyl (C=O) groups is 2. The van der Waals surface area contributed by atoms with Gasteiger partial charge in [0.15, 0.2) is 0 Å². The number of nitrogens with zero attached hydrogens (tertiary/aromatic N) is 1. The molecule has 6 heteroatoms. The van der Waals surface area contributed by atoms with Crippen molar-refractivity contribution in [2.24, 2.45) is 5.92 Å². The molecule has 122 valence electrons. The van der Waals surface area contributed by atoms with Crippen molar-refractivity contribution in [1.82, 2.24) is 10.3 Å². The summed E-state index contributed by atoms with van der Waals surface area (Å²) >= 11 is 1.41. The summed E-state index contributed by atoms with van der Waals surface area (Å²) in [5.41, 5.74) is 2.43. The number of hydrogen-bond acceptors (Lipinski definition) is 4. The van der Waals surface area contributed by atoms with Crippen molar-refractivity contribution in [3.8, 4) is 10.6 Å². The Balaban J connectivity index is 2.04. The molecule has 5 nitrogen and oxygen atoms in total. The molecule has 1 aromatic heterocycles. The first-order valence-electron chi connectivity index (χ1n) is 7.55. The van der Waals surface area contributed by atoms with E-state index in [1.807, 2.05) is 38.1 Å². The third kappa shape index (κ3) is 4.39. The van der Waals surface area contributed by atoms with Crippen LogP contribution in [0.3, 0.4) is 0 Å². The summed E-state index contributed by atoms with van der Waals surface area (Å²) in [5, 5.41) is 14.3. The number of carboxylic acids is 1. The fourth-order valence-electron chi connectivity index (χ4n) is 2.28. The van der Waals surface area contributed by atoms with Gasteiger partial charge >= 0.3 is 5.97 Å². The van der Waals surface area contributed by atoms with E-state index in [2.05, 4.69) is 10.3 Å². The highest BCUT2D eigenvalue weighted by Gasteiger charge is 2.19. The predicted molar refractivity (Wildman–Crippen MR) is 90.7 cm³/mol. The van der Waals surface area contributed by atoms with E-state index in [4.69, 9.17) is 5.11 Å². The summed E-state index contributed by atoms with van der Waals surface area (Å²) in [6.45, 7) is 4.05. The summed E-state index contributed by atoms with van der Waals surface area (Å²) in [7, 11) is 0. The number of nitrogens with one attached hydrogen (secondary N) is 1. The van der Waals surface area contributed by atoms with Crippen molar-refractivity contribution in [1.29, 1.82) is 0 Å². The summed E-state index contributed by atoms with van der Waals surface area (Å²) in [4.78, 5) is 27.6. The van der Waals surface area contributed by atoms with Crippen LogP contribution in [0.5, 0.6) is 0 Å². The number of aromatic nitrogens is 1. The monoisotopic (exact) mass is 332 g/mol. The molecule has 0 aliphatic heterocycles. The van der Waals surface area contributed by atoms with Crippen LogP contribution >= 0.6 is 11.3 Å². The molecule has 0 spiro atoms. The zero-order valence-corrected chi connectivity index (χ0v) is 14.0. The highest BCUT2D eigenvalue weighted by molar-refractivity contribution is 7.13. The molecule has 0 aliphatic carbocycles. The molecular formula is C17H20N2O3S. The van der Waals surface area contributed by atoms with Gasteiger partial charge in [0, 0.05) is 17.5 Å². The Labute approximate surface area is 139 Å². The molecule has 1 heterocycles. The van der Waals surface area contributed by atoms with E-state index in [9.17, 15) is 9.59 Å². The lowest BCUT2D eigenvalue weighted by Gasteiger charge is -2.11. The van der Waals surface area contributed by atoms with Gasteiger partial charge in [-0.25, -0.2) is 4.98 Å². The molecule has 1 atom stereocenters. The third-order valence-electron chi connectivity index (χ3n) is 3.61. The fourth-order valence-corrected chi connectivity index (χ4v) is 3.17. The predicted octanol–water partition coefficient (Wildman–Crippen LogP) is 3.35. The van der Waals surface area contributed by atoms with Gasteiger partial charge in [0.05, 0.1) is 5.92 Å². The average Bonchev–Trinajstić information content (AvgIpc) is 3.01. The lowest BCUT2D eigenvalue weighted by atomic mass is 10.0. The van der Waals surface area contributed by atoms with Crippen LogP contribution in [0.15, 0.2) is 29.6 Å². The zero-order valence-electron chi connectivity index (χ0n) is 13.2. The highest BCUT2D eigenvalue weighted by atomic mass is 32.1. The number of aryl methyl sites for hydroxylation is 1. The van der Waals surface area contributed by atoms with Crippen LogP contribution < -0.4 is 5.32 Å². The number of carboxylic acid groups (broad SMARTS) is 1. The van der Waals surface area contributed by atoms with Gasteiger partial charge in [0.1, 0.15) is 10.7 Å². The Morgan fingerprint density at radius 3 is 2.74 bits per heavy atom. The molecule has 2 N–H and O–H groups in total. The smallest absolute Gasteiger partial charge is 0.308 e. The maximum absolute atomic E-state index is 12.1. The van der Waals surface area contributed by atoms with E-state index in [1.165, 1.54) is 11.3 Å². The van der Waals surface area contributed by atoms with E-state index in [0.717, 1.165) is 22.6 Å².